The predicted octanol–water partition coefficient (Wildman–Crippen LogP) is 1.98. The first-order valence-corrected chi connectivity index (χ1v) is 9.95. The standard InChI is InChI=1S/C22H26N4O3.ClH/c23-18(9-14-5-2-1-3-6-14)20(28)26-15-10-22(11-15)12-16(13-22)29-21-17(19(24)27)7-4-8-25-21;/h1-8,15-16,18H,9-13,23H2,(H2,24,27)(H,26,28);1H/t15?,16?,18-,22?;/m0./s1. The molecule has 2 aliphatic rings. The summed E-state index contributed by atoms with van der Waals surface area (Å²) in [7, 11) is 0. The van der Waals surface area contributed by atoms with Gasteiger partial charge < -0.3 is 21.5 Å². The molecule has 2 aromatic rings. The number of benzene rings is 1. The maximum Gasteiger partial charge on any atom is 0.254 e. The van der Waals surface area contributed by atoms with Gasteiger partial charge in [-0.1, -0.05) is 30.3 Å². The Kier molecular flexibility index (Phi) is 6.63. The molecule has 2 saturated carbocycles. The fraction of sp³-hybridized carbons (Fsp3) is 0.409. The van der Waals surface area contributed by atoms with Gasteiger partial charge in [0.25, 0.3) is 5.91 Å². The molecule has 1 atom stereocenters. The lowest BCUT2D eigenvalue weighted by Gasteiger charge is -2.57. The number of carbonyl (C=O) groups is 2. The lowest BCUT2D eigenvalue weighted by molar-refractivity contribution is -0.128. The van der Waals surface area contributed by atoms with Gasteiger partial charge in [-0.2, -0.15) is 0 Å². The van der Waals surface area contributed by atoms with E-state index in [0.717, 1.165) is 31.2 Å². The van der Waals surface area contributed by atoms with Crippen LogP contribution in [0.15, 0.2) is 48.7 Å². The molecule has 0 aliphatic heterocycles. The smallest absolute Gasteiger partial charge is 0.254 e. The molecule has 0 radical (unpaired) electrons. The Balaban J connectivity index is 0.00000256. The Morgan fingerprint density at radius 1 is 1.13 bits per heavy atom. The topological polar surface area (TPSA) is 120 Å². The number of ether oxygens (including phenoxy) is 1. The molecule has 1 spiro atoms. The average Bonchev–Trinajstić information content (AvgIpc) is 2.65. The van der Waals surface area contributed by atoms with Crippen molar-refractivity contribution in [2.24, 2.45) is 16.9 Å². The quantitative estimate of drug-likeness (QED) is 0.620. The van der Waals surface area contributed by atoms with Crippen LogP contribution in [-0.4, -0.2) is 35.0 Å². The average molecular weight is 431 g/mol. The van der Waals surface area contributed by atoms with E-state index in [9.17, 15) is 9.59 Å². The van der Waals surface area contributed by atoms with Gasteiger partial charge in [-0.05, 0) is 55.2 Å². The van der Waals surface area contributed by atoms with Gasteiger partial charge in [0.15, 0.2) is 0 Å². The van der Waals surface area contributed by atoms with Crippen LogP contribution in [0, 0.1) is 5.41 Å². The third-order valence-electron chi connectivity index (χ3n) is 5.98. The minimum absolute atomic E-state index is 0. The second-order valence-electron chi connectivity index (χ2n) is 8.28. The van der Waals surface area contributed by atoms with Gasteiger partial charge in [0.05, 0.1) is 6.04 Å². The van der Waals surface area contributed by atoms with Crippen molar-refractivity contribution in [2.75, 3.05) is 0 Å². The summed E-state index contributed by atoms with van der Waals surface area (Å²) in [5, 5.41) is 3.07. The van der Waals surface area contributed by atoms with Crippen molar-refractivity contribution in [3.8, 4) is 5.88 Å². The Morgan fingerprint density at radius 2 is 1.83 bits per heavy atom. The Morgan fingerprint density at radius 3 is 2.50 bits per heavy atom. The Hall–Kier alpha value is -2.64. The Bertz CT molecular complexity index is 894. The number of halogens is 1. The molecule has 0 bridgehead atoms. The lowest BCUT2D eigenvalue weighted by atomic mass is 9.53. The van der Waals surface area contributed by atoms with E-state index >= 15 is 0 Å². The number of amides is 2. The van der Waals surface area contributed by atoms with Crippen LogP contribution >= 0.6 is 12.4 Å². The number of pyridine rings is 1. The number of aromatic nitrogens is 1. The third kappa shape index (κ3) is 4.74. The molecule has 1 heterocycles. The van der Waals surface area contributed by atoms with E-state index in [1.807, 2.05) is 30.3 Å². The molecule has 1 aromatic carbocycles. The number of nitrogens with one attached hydrogen (secondary N) is 1. The minimum Gasteiger partial charge on any atom is -0.474 e. The van der Waals surface area contributed by atoms with Gasteiger partial charge in [-0.25, -0.2) is 4.98 Å². The molecule has 4 rings (SSSR count). The molecule has 5 N–H and O–H groups in total. The molecule has 1 aromatic heterocycles. The summed E-state index contributed by atoms with van der Waals surface area (Å²) in [4.78, 5) is 28.0. The Labute approximate surface area is 182 Å². The van der Waals surface area contributed by atoms with Crippen LogP contribution in [0.25, 0.3) is 0 Å². The van der Waals surface area contributed by atoms with Crippen LogP contribution in [0.5, 0.6) is 5.88 Å². The highest BCUT2D eigenvalue weighted by Crippen LogP contribution is 2.56. The number of primary amides is 1. The third-order valence-corrected chi connectivity index (χ3v) is 5.98. The number of hydrogen-bond acceptors (Lipinski definition) is 5. The zero-order valence-corrected chi connectivity index (χ0v) is 17.4. The summed E-state index contributed by atoms with van der Waals surface area (Å²) in [5.74, 6) is -0.336. The maximum absolute atomic E-state index is 12.4. The van der Waals surface area contributed by atoms with Crippen LogP contribution in [0.4, 0.5) is 0 Å². The van der Waals surface area contributed by atoms with Crippen LogP contribution in [0.2, 0.25) is 0 Å². The molecular weight excluding hydrogens is 404 g/mol. The minimum atomic E-state index is -0.541. The first-order valence-electron chi connectivity index (χ1n) is 9.95. The second-order valence-corrected chi connectivity index (χ2v) is 8.28. The zero-order chi connectivity index (χ0) is 20.4. The summed E-state index contributed by atoms with van der Waals surface area (Å²) in [6.45, 7) is 0. The van der Waals surface area contributed by atoms with E-state index in [2.05, 4.69) is 10.3 Å². The fourth-order valence-corrected chi connectivity index (χ4v) is 4.51. The molecule has 7 nitrogen and oxygen atoms in total. The highest BCUT2D eigenvalue weighted by atomic mass is 35.5. The van der Waals surface area contributed by atoms with Gasteiger partial charge in [0, 0.05) is 12.2 Å². The van der Waals surface area contributed by atoms with Crippen LogP contribution in [0.1, 0.15) is 41.6 Å². The van der Waals surface area contributed by atoms with E-state index in [4.69, 9.17) is 16.2 Å². The SMILES string of the molecule is Cl.NC(=O)c1cccnc1OC1CC2(CC(NC(=O)[C@@H](N)Cc3ccccc3)C2)C1. The zero-order valence-electron chi connectivity index (χ0n) is 16.6. The van der Waals surface area contributed by atoms with Crippen molar-refractivity contribution in [2.45, 2.75) is 50.3 Å². The van der Waals surface area contributed by atoms with Gasteiger partial charge in [0.1, 0.15) is 11.7 Å². The molecule has 160 valence electrons. The number of rotatable bonds is 7. The maximum atomic E-state index is 12.4. The molecule has 30 heavy (non-hydrogen) atoms. The van der Waals surface area contributed by atoms with Crippen LogP contribution in [0.3, 0.4) is 0 Å². The molecular formula is C22H27ClN4O3. The summed E-state index contributed by atoms with van der Waals surface area (Å²) in [6.07, 6.45) is 5.80. The van der Waals surface area contributed by atoms with Gasteiger partial charge in [-0.3, -0.25) is 9.59 Å². The van der Waals surface area contributed by atoms with E-state index in [1.54, 1.807) is 18.3 Å². The fourth-order valence-electron chi connectivity index (χ4n) is 4.51. The number of carbonyl (C=O) groups excluding carboxylic acids is 2. The van der Waals surface area contributed by atoms with Crippen LogP contribution in [-0.2, 0) is 11.2 Å². The summed E-state index contributed by atoms with van der Waals surface area (Å²) < 4.78 is 5.88. The molecule has 0 unspecified atom stereocenters. The number of nitrogens with two attached hydrogens (primary N) is 2. The summed E-state index contributed by atoms with van der Waals surface area (Å²) in [6, 6.07) is 12.7. The van der Waals surface area contributed by atoms with Crippen LogP contribution < -0.4 is 21.5 Å². The van der Waals surface area contributed by atoms with E-state index < -0.39 is 11.9 Å². The largest absolute Gasteiger partial charge is 0.474 e. The van der Waals surface area contributed by atoms with Crippen molar-refractivity contribution >= 4 is 24.2 Å². The lowest BCUT2D eigenvalue weighted by Crippen LogP contribution is -2.60. The number of hydrogen-bond donors (Lipinski definition) is 3. The van der Waals surface area contributed by atoms with Crippen molar-refractivity contribution < 1.29 is 14.3 Å². The van der Waals surface area contributed by atoms with Crippen molar-refractivity contribution in [3.63, 3.8) is 0 Å². The van der Waals surface area contributed by atoms with Crippen molar-refractivity contribution in [1.29, 1.82) is 0 Å². The predicted molar refractivity (Wildman–Crippen MR) is 115 cm³/mol. The first kappa shape index (κ1) is 22.1. The monoisotopic (exact) mass is 430 g/mol. The number of nitrogens with zero attached hydrogens (tertiary/aromatic N) is 1. The molecule has 2 fully saturated rings. The van der Waals surface area contributed by atoms with E-state index in [1.165, 1.54) is 0 Å². The molecule has 2 amide bonds. The first-order chi connectivity index (χ1) is 13.9. The normalized spacial score (nSPS) is 25.2. The van der Waals surface area contributed by atoms with E-state index in [-0.39, 0.29) is 35.9 Å². The summed E-state index contributed by atoms with van der Waals surface area (Å²) >= 11 is 0. The molecule has 2 aliphatic carbocycles. The van der Waals surface area contributed by atoms with Gasteiger partial charge in [0.2, 0.25) is 11.8 Å². The highest BCUT2D eigenvalue weighted by molar-refractivity contribution is 5.94. The highest BCUT2D eigenvalue weighted by Gasteiger charge is 2.54. The van der Waals surface area contributed by atoms with Gasteiger partial charge >= 0.3 is 0 Å². The van der Waals surface area contributed by atoms with Gasteiger partial charge in [-0.15, -0.1) is 12.4 Å². The molecule has 0 saturated heterocycles. The van der Waals surface area contributed by atoms with Crippen molar-refractivity contribution in [3.05, 3.63) is 59.8 Å². The molecule has 8 heteroatoms. The van der Waals surface area contributed by atoms with E-state index in [0.29, 0.717) is 17.9 Å². The second kappa shape index (κ2) is 9.02. The van der Waals surface area contributed by atoms with Crippen molar-refractivity contribution in [1.82, 2.24) is 10.3 Å². The summed E-state index contributed by atoms with van der Waals surface area (Å²) in [5.41, 5.74) is 13.0.